The van der Waals surface area contributed by atoms with E-state index in [-0.39, 0.29) is 11.5 Å². The highest BCUT2D eigenvalue weighted by Gasteiger charge is 2.38. The van der Waals surface area contributed by atoms with Gasteiger partial charge in [-0.1, -0.05) is 41.1 Å². The van der Waals surface area contributed by atoms with E-state index in [1.165, 1.54) is 5.56 Å². The van der Waals surface area contributed by atoms with E-state index in [9.17, 15) is 0 Å². The fourth-order valence-corrected chi connectivity index (χ4v) is 2.89. The molecule has 1 aliphatic heterocycles. The SMILES string of the molecule is CN(Cc1ccccc1Br)CC1(C)COCC1N. The lowest BCUT2D eigenvalue weighted by atomic mass is 9.85. The van der Waals surface area contributed by atoms with E-state index in [4.69, 9.17) is 10.5 Å². The molecular weight excluding hydrogens is 292 g/mol. The van der Waals surface area contributed by atoms with Gasteiger partial charge in [-0.15, -0.1) is 0 Å². The molecule has 1 aromatic carbocycles. The molecule has 1 aliphatic rings. The number of benzene rings is 1. The van der Waals surface area contributed by atoms with Crippen LogP contribution in [0.3, 0.4) is 0 Å². The Hall–Kier alpha value is -0.420. The van der Waals surface area contributed by atoms with Crippen LogP contribution in [0, 0.1) is 5.41 Å². The Labute approximate surface area is 117 Å². The standard InChI is InChI=1S/C14H21BrN2O/c1-14(10-18-8-13(14)16)9-17(2)7-11-5-3-4-6-12(11)15/h3-6,13H,7-10,16H2,1-2H3. The van der Waals surface area contributed by atoms with Crippen molar-refractivity contribution in [3.8, 4) is 0 Å². The van der Waals surface area contributed by atoms with Crippen LogP contribution < -0.4 is 5.73 Å². The van der Waals surface area contributed by atoms with Gasteiger partial charge in [0.05, 0.1) is 13.2 Å². The van der Waals surface area contributed by atoms with E-state index in [0.717, 1.165) is 24.2 Å². The van der Waals surface area contributed by atoms with Gasteiger partial charge in [0.25, 0.3) is 0 Å². The number of halogens is 1. The lowest BCUT2D eigenvalue weighted by molar-refractivity contribution is 0.128. The molecule has 0 radical (unpaired) electrons. The van der Waals surface area contributed by atoms with Gasteiger partial charge in [-0.25, -0.2) is 0 Å². The van der Waals surface area contributed by atoms with Crippen LogP contribution >= 0.6 is 15.9 Å². The molecule has 1 heterocycles. The molecule has 1 aromatic rings. The molecule has 18 heavy (non-hydrogen) atoms. The molecule has 0 amide bonds. The number of ether oxygens (including phenoxy) is 1. The number of hydrogen-bond donors (Lipinski definition) is 1. The first kappa shape index (κ1) is 14.0. The van der Waals surface area contributed by atoms with Gasteiger partial charge in [0.2, 0.25) is 0 Å². The second-order valence-electron chi connectivity index (χ2n) is 5.54. The highest BCUT2D eigenvalue weighted by atomic mass is 79.9. The summed E-state index contributed by atoms with van der Waals surface area (Å²) >= 11 is 3.59. The van der Waals surface area contributed by atoms with E-state index < -0.39 is 0 Å². The monoisotopic (exact) mass is 312 g/mol. The zero-order chi connectivity index (χ0) is 13.2. The van der Waals surface area contributed by atoms with Crippen molar-refractivity contribution in [2.75, 3.05) is 26.8 Å². The lowest BCUT2D eigenvalue weighted by Gasteiger charge is -2.32. The van der Waals surface area contributed by atoms with Gasteiger partial charge in [-0.2, -0.15) is 0 Å². The van der Waals surface area contributed by atoms with Gasteiger partial charge < -0.3 is 15.4 Å². The van der Waals surface area contributed by atoms with E-state index in [1.807, 2.05) is 6.07 Å². The summed E-state index contributed by atoms with van der Waals surface area (Å²) in [6, 6.07) is 8.47. The van der Waals surface area contributed by atoms with E-state index in [0.29, 0.717) is 6.61 Å². The maximum atomic E-state index is 6.12. The summed E-state index contributed by atoms with van der Waals surface area (Å²) in [4.78, 5) is 2.31. The largest absolute Gasteiger partial charge is 0.379 e. The Bertz CT molecular complexity index is 413. The van der Waals surface area contributed by atoms with Gasteiger partial charge in [-0.05, 0) is 18.7 Å². The van der Waals surface area contributed by atoms with Crippen LogP contribution in [0.1, 0.15) is 12.5 Å². The molecule has 3 nitrogen and oxygen atoms in total. The summed E-state index contributed by atoms with van der Waals surface area (Å²) in [6.07, 6.45) is 0. The molecular formula is C14H21BrN2O. The minimum Gasteiger partial charge on any atom is -0.379 e. The molecule has 2 unspecified atom stereocenters. The first-order valence-electron chi connectivity index (χ1n) is 6.26. The summed E-state index contributed by atoms with van der Waals surface area (Å²) in [6.45, 7) is 5.52. The lowest BCUT2D eigenvalue weighted by Crippen LogP contribution is -2.45. The second kappa shape index (κ2) is 5.70. The molecule has 2 atom stereocenters. The Balaban J connectivity index is 1.97. The zero-order valence-corrected chi connectivity index (χ0v) is 12.6. The number of hydrogen-bond acceptors (Lipinski definition) is 3. The summed E-state index contributed by atoms with van der Waals surface area (Å²) < 4.78 is 6.65. The van der Waals surface area contributed by atoms with Crippen molar-refractivity contribution >= 4 is 15.9 Å². The van der Waals surface area contributed by atoms with Crippen LogP contribution in [-0.2, 0) is 11.3 Å². The highest BCUT2D eigenvalue weighted by molar-refractivity contribution is 9.10. The first-order chi connectivity index (χ1) is 8.51. The van der Waals surface area contributed by atoms with Gasteiger partial charge >= 0.3 is 0 Å². The van der Waals surface area contributed by atoms with Crippen molar-refractivity contribution in [2.45, 2.75) is 19.5 Å². The Morgan fingerprint density at radius 2 is 2.22 bits per heavy atom. The third kappa shape index (κ3) is 3.12. The molecule has 1 fully saturated rings. The first-order valence-corrected chi connectivity index (χ1v) is 7.06. The average molecular weight is 313 g/mol. The maximum Gasteiger partial charge on any atom is 0.0624 e. The van der Waals surface area contributed by atoms with Crippen molar-refractivity contribution in [3.63, 3.8) is 0 Å². The van der Waals surface area contributed by atoms with E-state index in [2.05, 4.69) is 53.0 Å². The summed E-state index contributed by atoms with van der Waals surface area (Å²) in [5.41, 5.74) is 7.49. The Morgan fingerprint density at radius 3 is 2.83 bits per heavy atom. The minimum absolute atomic E-state index is 0.0655. The molecule has 0 bridgehead atoms. The van der Waals surface area contributed by atoms with Crippen molar-refractivity contribution < 1.29 is 4.74 Å². The summed E-state index contributed by atoms with van der Waals surface area (Å²) in [5.74, 6) is 0. The second-order valence-corrected chi connectivity index (χ2v) is 6.39. The van der Waals surface area contributed by atoms with Crippen molar-refractivity contribution in [2.24, 2.45) is 11.1 Å². The predicted octanol–water partition coefficient (Wildman–Crippen LogP) is 2.24. The van der Waals surface area contributed by atoms with Gasteiger partial charge in [-0.3, -0.25) is 0 Å². The summed E-state index contributed by atoms with van der Waals surface area (Å²) in [7, 11) is 2.13. The molecule has 2 rings (SSSR count). The van der Waals surface area contributed by atoms with Crippen LogP contribution in [0.25, 0.3) is 0 Å². The Morgan fingerprint density at radius 1 is 1.50 bits per heavy atom. The van der Waals surface area contributed by atoms with Gasteiger partial charge in [0.15, 0.2) is 0 Å². The van der Waals surface area contributed by atoms with Crippen molar-refractivity contribution in [1.82, 2.24) is 4.90 Å². The third-order valence-electron chi connectivity index (χ3n) is 3.65. The van der Waals surface area contributed by atoms with Crippen molar-refractivity contribution in [1.29, 1.82) is 0 Å². The maximum absolute atomic E-state index is 6.12. The van der Waals surface area contributed by atoms with Crippen LogP contribution in [0.2, 0.25) is 0 Å². The highest BCUT2D eigenvalue weighted by Crippen LogP contribution is 2.28. The minimum atomic E-state index is 0.0655. The van der Waals surface area contributed by atoms with Crippen LogP contribution in [0.4, 0.5) is 0 Å². The third-order valence-corrected chi connectivity index (χ3v) is 4.43. The zero-order valence-electron chi connectivity index (χ0n) is 11.0. The van der Waals surface area contributed by atoms with Crippen LogP contribution in [-0.4, -0.2) is 37.7 Å². The molecule has 0 spiro atoms. The smallest absolute Gasteiger partial charge is 0.0624 e. The average Bonchev–Trinajstić information content (AvgIpc) is 2.62. The molecule has 4 heteroatoms. The van der Waals surface area contributed by atoms with Crippen molar-refractivity contribution in [3.05, 3.63) is 34.3 Å². The molecule has 2 N–H and O–H groups in total. The number of nitrogens with two attached hydrogens (primary N) is 1. The molecule has 1 saturated heterocycles. The number of nitrogens with zero attached hydrogens (tertiary/aromatic N) is 1. The quantitative estimate of drug-likeness (QED) is 0.926. The predicted molar refractivity (Wildman–Crippen MR) is 77.4 cm³/mol. The molecule has 0 aromatic heterocycles. The number of rotatable bonds is 4. The molecule has 100 valence electrons. The normalized spacial score (nSPS) is 27.9. The summed E-state index contributed by atoms with van der Waals surface area (Å²) in [5, 5.41) is 0. The van der Waals surface area contributed by atoms with E-state index >= 15 is 0 Å². The van der Waals surface area contributed by atoms with Gasteiger partial charge in [0.1, 0.15) is 0 Å². The topological polar surface area (TPSA) is 38.5 Å². The fraction of sp³-hybridized carbons (Fsp3) is 0.571. The molecule has 0 aliphatic carbocycles. The van der Waals surface area contributed by atoms with Gasteiger partial charge in [0, 0.05) is 29.0 Å². The molecule has 0 saturated carbocycles. The fourth-order valence-electron chi connectivity index (χ4n) is 2.48. The van der Waals surface area contributed by atoms with Crippen LogP contribution in [0.5, 0.6) is 0 Å². The Kier molecular flexibility index (Phi) is 4.43. The van der Waals surface area contributed by atoms with Crippen LogP contribution in [0.15, 0.2) is 28.7 Å². The van der Waals surface area contributed by atoms with E-state index in [1.54, 1.807) is 0 Å².